The quantitative estimate of drug-likeness (QED) is 0.180. The third-order valence-electron chi connectivity index (χ3n) is 7.73. The summed E-state index contributed by atoms with van der Waals surface area (Å²) in [6.07, 6.45) is 7.71. The molecule has 5 rings (SSSR count). The van der Waals surface area contributed by atoms with Crippen LogP contribution >= 0.6 is 0 Å². The van der Waals surface area contributed by atoms with Crippen LogP contribution in [0.15, 0.2) is 85.3 Å². The summed E-state index contributed by atoms with van der Waals surface area (Å²) in [6, 6.07) is 22.3. The number of aliphatic carboxylic acids is 1. The van der Waals surface area contributed by atoms with Crippen molar-refractivity contribution in [2.24, 2.45) is 10.8 Å². The second-order valence-electron chi connectivity index (χ2n) is 12.8. The Labute approximate surface area is 247 Å². The van der Waals surface area contributed by atoms with Gasteiger partial charge in [-0.2, -0.15) is 5.10 Å². The summed E-state index contributed by atoms with van der Waals surface area (Å²) in [6.45, 7) is 11.4. The molecule has 0 saturated heterocycles. The van der Waals surface area contributed by atoms with E-state index < -0.39 is 11.4 Å². The molecule has 3 heterocycles. The second-order valence-corrected chi connectivity index (χ2v) is 12.8. The molecule has 42 heavy (non-hydrogen) atoms. The van der Waals surface area contributed by atoms with Crippen LogP contribution in [0.4, 0.5) is 0 Å². The van der Waals surface area contributed by atoms with Gasteiger partial charge in [0.1, 0.15) is 12.4 Å². The third-order valence-corrected chi connectivity index (χ3v) is 7.73. The van der Waals surface area contributed by atoms with E-state index in [1.807, 2.05) is 55.1 Å². The van der Waals surface area contributed by atoms with Crippen molar-refractivity contribution in [3.8, 4) is 11.4 Å². The smallest absolute Gasteiger partial charge is 0.309 e. The summed E-state index contributed by atoms with van der Waals surface area (Å²) in [5.41, 5.74) is 5.55. The van der Waals surface area contributed by atoms with Crippen LogP contribution in [0.5, 0.6) is 5.75 Å². The zero-order valence-electron chi connectivity index (χ0n) is 25.2. The molecule has 1 N–H and O–H groups in total. The van der Waals surface area contributed by atoms with E-state index in [1.54, 1.807) is 12.4 Å². The highest BCUT2D eigenvalue weighted by atomic mass is 16.5. The second kappa shape index (κ2) is 11.8. The number of nitrogens with zero attached hydrogens (tertiary/aromatic N) is 4. The number of aromatic nitrogens is 4. The topological polar surface area (TPSA) is 82.2 Å². The number of pyridine rings is 1. The maximum Gasteiger partial charge on any atom is 0.309 e. The molecule has 0 aliphatic rings. The van der Waals surface area contributed by atoms with Crippen LogP contribution in [0.25, 0.3) is 16.6 Å². The fourth-order valence-electron chi connectivity index (χ4n) is 5.20. The SMILES string of the molecule is CC(C)(C)CCc1c(CC(C)(C)C(=O)O)n(Cc2ccc(-n3cccn3)cc2)c2ccc(OCc3ccccn3)cc12. The van der Waals surface area contributed by atoms with Gasteiger partial charge in [-0.15, -0.1) is 0 Å². The summed E-state index contributed by atoms with van der Waals surface area (Å²) in [4.78, 5) is 16.7. The van der Waals surface area contributed by atoms with Gasteiger partial charge in [-0.25, -0.2) is 4.68 Å². The largest absolute Gasteiger partial charge is 0.487 e. The highest BCUT2D eigenvalue weighted by Crippen LogP contribution is 2.37. The average molecular weight is 565 g/mol. The first kappa shape index (κ1) is 29.1. The molecule has 5 aromatic rings. The van der Waals surface area contributed by atoms with Crippen molar-refractivity contribution in [3.05, 3.63) is 108 Å². The highest BCUT2D eigenvalue weighted by molar-refractivity contribution is 5.87. The van der Waals surface area contributed by atoms with Gasteiger partial charge in [0.15, 0.2) is 0 Å². The van der Waals surface area contributed by atoms with Gasteiger partial charge in [-0.1, -0.05) is 39.0 Å². The minimum absolute atomic E-state index is 0.128. The Bertz CT molecular complexity index is 1640. The first-order valence-corrected chi connectivity index (χ1v) is 14.5. The predicted molar refractivity (Wildman–Crippen MR) is 166 cm³/mol. The molecule has 0 fully saturated rings. The molecular formula is C35H40N4O3. The molecule has 7 nitrogen and oxygen atoms in total. The Morgan fingerprint density at radius 1 is 0.952 bits per heavy atom. The first-order valence-electron chi connectivity index (χ1n) is 14.5. The number of carboxylic acids is 1. The van der Waals surface area contributed by atoms with Gasteiger partial charge in [-0.3, -0.25) is 9.78 Å². The van der Waals surface area contributed by atoms with Crippen molar-refractivity contribution in [2.45, 2.75) is 67.0 Å². The fourth-order valence-corrected chi connectivity index (χ4v) is 5.20. The molecule has 2 aromatic carbocycles. The third kappa shape index (κ3) is 6.73. The van der Waals surface area contributed by atoms with Crippen LogP contribution in [0, 0.1) is 10.8 Å². The standard InChI is InChI=1S/C35H40N4O3/c1-34(2,3)17-16-29-30-21-28(42-24-26-9-6-7-18-36-26)14-15-31(30)38(32(29)22-35(4,5)33(40)41)23-25-10-12-27(13-11-25)39-20-8-19-37-39/h6-15,18-21H,16-17,22-24H2,1-5H3,(H,40,41). The Hall–Kier alpha value is -4.39. The van der Waals surface area contributed by atoms with Crippen LogP contribution in [-0.4, -0.2) is 30.4 Å². The fraction of sp³-hybridized carbons (Fsp3) is 0.343. The molecule has 0 amide bonds. The van der Waals surface area contributed by atoms with Crippen LogP contribution < -0.4 is 4.74 Å². The first-order chi connectivity index (χ1) is 20.0. The van der Waals surface area contributed by atoms with E-state index in [2.05, 4.69) is 71.8 Å². The summed E-state index contributed by atoms with van der Waals surface area (Å²) >= 11 is 0. The lowest BCUT2D eigenvalue weighted by molar-refractivity contribution is -0.146. The maximum atomic E-state index is 12.3. The summed E-state index contributed by atoms with van der Waals surface area (Å²) in [5.74, 6) is -0.0287. The molecule has 0 aliphatic carbocycles. The van der Waals surface area contributed by atoms with E-state index in [0.29, 0.717) is 19.6 Å². The molecular weight excluding hydrogens is 524 g/mol. The number of hydrogen-bond donors (Lipinski definition) is 1. The van der Waals surface area contributed by atoms with E-state index in [9.17, 15) is 9.90 Å². The van der Waals surface area contributed by atoms with Crippen molar-refractivity contribution >= 4 is 16.9 Å². The van der Waals surface area contributed by atoms with Gasteiger partial charge in [0.25, 0.3) is 0 Å². The number of carboxylic acid groups (broad SMARTS) is 1. The molecule has 0 radical (unpaired) electrons. The van der Waals surface area contributed by atoms with Crippen molar-refractivity contribution in [1.29, 1.82) is 0 Å². The van der Waals surface area contributed by atoms with Crippen molar-refractivity contribution in [1.82, 2.24) is 19.3 Å². The number of rotatable bonds is 11. The predicted octanol–water partition coefficient (Wildman–Crippen LogP) is 7.48. The monoisotopic (exact) mass is 564 g/mol. The average Bonchev–Trinajstić information content (AvgIpc) is 3.58. The summed E-state index contributed by atoms with van der Waals surface area (Å²) in [7, 11) is 0. The minimum atomic E-state index is -0.926. The van der Waals surface area contributed by atoms with Gasteiger partial charge in [0.05, 0.1) is 16.8 Å². The molecule has 0 saturated carbocycles. The van der Waals surface area contributed by atoms with E-state index in [4.69, 9.17) is 4.74 Å². The highest BCUT2D eigenvalue weighted by Gasteiger charge is 2.32. The molecule has 7 heteroatoms. The normalized spacial score (nSPS) is 12.1. The minimum Gasteiger partial charge on any atom is -0.487 e. The zero-order valence-corrected chi connectivity index (χ0v) is 25.2. The molecule has 0 atom stereocenters. The Morgan fingerprint density at radius 3 is 2.38 bits per heavy atom. The molecule has 0 aliphatic heterocycles. The van der Waals surface area contributed by atoms with E-state index in [1.165, 1.54) is 5.56 Å². The van der Waals surface area contributed by atoms with Gasteiger partial charge >= 0.3 is 5.97 Å². The van der Waals surface area contributed by atoms with Crippen LogP contribution in [0.3, 0.4) is 0 Å². The molecule has 3 aromatic heterocycles. The van der Waals surface area contributed by atoms with Gasteiger partial charge in [0, 0.05) is 48.2 Å². The number of benzene rings is 2. The molecule has 0 unspecified atom stereocenters. The Morgan fingerprint density at radius 2 is 1.74 bits per heavy atom. The Balaban J connectivity index is 1.59. The number of ether oxygens (including phenoxy) is 1. The van der Waals surface area contributed by atoms with Crippen LogP contribution in [0.1, 0.15) is 63.6 Å². The number of carbonyl (C=O) groups is 1. The van der Waals surface area contributed by atoms with Gasteiger partial charge in [0.2, 0.25) is 0 Å². The van der Waals surface area contributed by atoms with Gasteiger partial charge in [-0.05, 0) is 91.8 Å². The van der Waals surface area contributed by atoms with E-state index in [-0.39, 0.29) is 5.41 Å². The lowest BCUT2D eigenvalue weighted by Gasteiger charge is -2.23. The van der Waals surface area contributed by atoms with E-state index >= 15 is 0 Å². The van der Waals surface area contributed by atoms with Crippen LogP contribution in [-0.2, 0) is 30.8 Å². The Kier molecular flexibility index (Phi) is 8.21. The van der Waals surface area contributed by atoms with Crippen molar-refractivity contribution in [2.75, 3.05) is 0 Å². The number of aryl methyl sites for hydroxylation is 1. The molecule has 0 bridgehead atoms. The lowest BCUT2D eigenvalue weighted by Crippen LogP contribution is -2.28. The summed E-state index contributed by atoms with van der Waals surface area (Å²) < 4.78 is 10.3. The molecule has 218 valence electrons. The molecule has 0 spiro atoms. The maximum absolute atomic E-state index is 12.3. The lowest BCUT2D eigenvalue weighted by atomic mass is 9.84. The zero-order chi connectivity index (χ0) is 29.9. The number of hydrogen-bond acceptors (Lipinski definition) is 4. The van der Waals surface area contributed by atoms with Crippen LogP contribution in [0.2, 0.25) is 0 Å². The van der Waals surface area contributed by atoms with Crippen molar-refractivity contribution in [3.63, 3.8) is 0 Å². The number of fused-ring (bicyclic) bond motifs is 1. The van der Waals surface area contributed by atoms with Gasteiger partial charge < -0.3 is 14.4 Å². The van der Waals surface area contributed by atoms with Crippen molar-refractivity contribution < 1.29 is 14.6 Å². The summed E-state index contributed by atoms with van der Waals surface area (Å²) in [5, 5.41) is 15.6. The van der Waals surface area contributed by atoms with E-state index in [0.717, 1.165) is 52.1 Å².